The van der Waals surface area contributed by atoms with Crippen molar-refractivity contribution in [1.29, 1.82) is 0 Å². The molecule has 0 saturated carbocycles. The Hall–Kier alpha value is -1.13. The molecule has 28 heteroatoms. The van der Waals surface area contributed by atoms with Gasteiger partial charge in [-0.1, -0.05) is 9.77 Å². The standard InChI is InChI=1S/C13H32ClN20P7/c1-11-16-19-35-22-25-38(14)28-39(15-4,31-41(32(5)6,33(7)8)34(9)10)30-40(29-38,26-23-36-20-17-12-2)27-24-37-21-18-13-3/h11-13H,4H2,1-3,5-10H3/b16-11+,17-12+,18-13+,25-22?,26-23?,27-24?. The third kappa shape index (κ3) is 11.5. The summed E-state index contributed by atoms with van der Waals surface area (Å²) in [7, 11) is 1.98. The minimum absolute atomic E-state index is 0.149. The Labute approximate surface area is 250 Å². The number of rotatable bonds is 14. The molecule has 0 aromatic rings. The Morgan fingerprint density at radius 2 is 1.07 bits per heavy atom. The zero-order valence-electron chi connectivity index (χ0n) is 23.9. The SMILES string of the molecule is C=NP1(N=P(N(C)C)(N(C)C)N(C)C)=NP(N=NP=N/N=C/C)(N=NP=N/N=C/C)=NP(Cl)(N=NP=N/N=C/C)=N1. The molecule has 0 bridgehead atoms. The Morgan fingerprint density at radius 3 is 1.44 bits per heavy atom. The molecular formula is C13H32ClN20P7. The Bertz CT molecular complexity index is 1330. The van der Waals surface area contributed by atoms with Crippen LogP contribution >= 0.6 is 66.0 Å². The van der Waals surface area contributed by atoms with Crippen LogP contribution in [0, 0.1) is 0 Å². The molecule has 2 unspecified atom stereocenters. The summed E-state index contributed by atoms with van der Waals surface area (Å²) in [5, 5.41) is 11.3. The predicted octanol–water partition coefficient (Wildman–Crippen LogP) is 10.9. The van der Waals surface area contributed by atoms with Crippen LogP contribution in [0.1, 0.15) is 20.8 Å². The molecule has 0 saturated heterocycles. The van der Waals surface area contributed by atoms with Crippen molar-refractivity contribution in [2.75, 3.05) is 42.3 Å². The third-order valence-electron chi connectivity index (χ3n) is 3.96. The van der Waals surface area contributed by atoms with E-state index in [1.807, 2.05) is 56.3 Å². The average molecular weight is 721 g/mol. The summed E-state index contributed by atoms with van der Waals surface area (Å²) in [6.07, 6.45) is 4.51. The molecule has 0 fully saturated rings. The van der Waals surface area contributed by atoms with E-state index in [0.29, 0.717) is 0 Å². The highest BCUT2D eigenvalue weighted by Crippen LogP contribution is 2.85. The summed E-state index contributed by atoms with van der Waals surface area (Å²) in [6.45, 7) is 5.34. The summed E-state index contributed by atoms with van der Waals surface area (Å²) in [4.78, 5) is 36.5. The molecule has 41 heavy (non-hydrogen) atoms. The van der Waals surface area contributed by atoms with Gasteiger partial charge in [0, 0.05) is 18.6 Å². The fourth-order valence-electron chi connectivity index (χ4n) is 2.73. The topological polar surface area (TPSA) is 220 Å². The highest BCUT2D eigenvalue weighted by Gasteiger charge is 2.41. The zero-order valence-corrected chi connectivity index (χ0v) is 30.9. The van der Waals surface area contributed by atoms with E-state index in [1.165, 1.54) is 18.6 Å². The first-order valence-electron chi connectivity index (χ1n) is 11.1. The normalized spacial score (nSPS) is 26.6. The molecule has 226 valence electrons. The van der Waals surface area contributed by atoms with Crippen LogP contribution in [0.5, 0.6) is 0 Å². The lowest BCUT2D eigenvalue weighted by atomic mass is 10.9. The van der Waals surface area contributed by atoms with Crippen molar-refractivity contribution < 1.29 is 0 Å². The van der Waals surface area contributed by atoms with Crippen molar-refractivity contribution >= 4 is 91.4 Å². The molecule has 1 aliphatic heterocycles. The first kappa shape index (κ1) is 37.9. The molecule has 0 amide bonds. The molecule has 0 aromatic heterocycles. The molecule has 0 aliphatic carbocycles. The number of hydrogen-bond acceptors (Lipinski definition) is 11. The monoisotopic (exact) mass is 720 g/mol. The highest BCUT2D eigenvalue weighted by molar-refractivity contribution is 7.98. The molecule has 0 spiro atoms. The maximum absolute atomic E-state index is 6.98. The summed E-state index contributed by atoms with van der Waals surface area (Å²) in [5.74, 6) is 0. The van der Waals surface area contributed by atoms with Crippen LogP contribution in [-0.4, -0.2) is 81.7 Å². The van der Waals surface area contributed by atoms with Gasteiger partial charge < -0.3 is 0 Å². The second-order valence-electron chi connectivity index (χ2n) is 7.34. The number of hydrogen-bond donors (Lipinski definition) is 0. The summed E-state index contributed by atoms with van der Waals surface area (Å²) < 4.78 is 29.5. The van der Waals surface area contributed by atoms with Gasteiger partial charge in [-0.15, -0.1) is 34.1 Å². The predicted molar refractivity (Wildman–Crippen MR) is 179 cm³/mol. The van der Waals surface area contributed by atoms with Gasteiger partial charge in [0.15, 0.2) is 7.51 Å². The van der Waals surface area contributed by atoms with E-state index in [2.05, 4.69) is 75.2 Å². The molecular weight excluding hydrogens is 689 g/mol. The Kier molecular flexibility index (Phi) is 17.1. The molecule has 1 rings (SSSR count). The lowest BCUT2D eigenvalue weighted by molar-refractivity contribution is 0.475. The van der Waals surface area contributed by atoms with Gasteiger partial charge in [0.1, 0.15) is 0 Å². The van der Waals surface area contributed by atoms with Crippen LogP contribution in [0.25, 0.3) is 0 Å². The van der Waals surface area contributed by atoms with E-state index in [9.17, 15) is 0 Å². The van der Waals surface area contributed by atoms with E-state index in [0.717, 1.165) is 0 Å². The van der Waals surface area contributed by atoms with Crippen LogP contribution in [0.15, 0.2) is 82.0 Å². The van der Waals surface area contributed by atoms with Crippen LogP contribution in [-0.2, 0) is 0 Å². The van der Waals surface area contributed by atoms with Crippen molar-refractivity contribution in [3.8, 4) is 0 Å². The zero-order chi connectivity index (χ0) is 31.0. The fraction of sp³-hybridized carbons (Fsp3) is 0.692. The number of halogens is 1. The van der Waals surface area contributed by atoms with Gasteiger partial charge >= 0.3 is 21.7 Å². The summed E-state index contributed by atoms with van der Waals surface area (Å²) >= 11 is 6.98. The van der Waals surface area contributed by atoms with Crippen molar-refractivity contribution in [3.05, 3.63) is 0 Å². The van der Waals surface area contributed by atoms with Crippen LogP contribution in [0.2, 0.25) is 0 Å². The highest BCUT2D eigenvalue weighted by atomic mass is 35.7. The smallest absolute Gasteiger partial charge is 0.252 e. The van der Waals surface area contributed by atoms with Gasteiger partial charge in [0.2, 0.25) is 25.6 Å². The van der Waals surface area contributed by atoms with E-state index in [-0.39, 0.29) is 25.6 Å². The van der Waals surface area contributed by atoms with Gasteiger partial charge in [-0.25, -0.2) is 4.76 Å². The van der Waals surface area contributed by atoms with Crippen LogP contribution in [0.3, 0.4) is 0 Å². The first-order valence-corrected chi connectivity index (χ1v) is 20.8. The summed E-state index contributed by atoms with van der Waals surface area (Å²) in [6, 6.07) is 0. The fourth-order valence-corrected chi connectivity index (χ4v) is 19.9. The third-order valence-corrected chi connectivity index (χ3v) is 19.0. The van der Waals surface area contributed by atoms with Gasteiger partial charge in [-0.2, -0.15) is 33.4 Å². The van der Waals surface area contributed by atoms with Crippen molar-refractivity contribution in [1.82, 2.24) is 14.0 Å². The molecule has 0 aromatic carbocycles. The second kappa shape index (κ2) is 18.5. The van der Waals surface area contributed by atoms with Crippen molar-refractivity contribution in [2.24, 2.45) is 82.0 Å². The number of nitrogens with zero attached hydrogens (tertiary/aromatic N) is 20. The molecule has 0 N–H and O–H groups in total. The maximum atomic E-state index is 6.98. The van der Waals surface area contributed by atoms with Gasteiger partial charge in [0.05, 0.1) is 0 Å². The van der Waals surface area contributed by atoms with Crippen molar-refractivity contribution in [3.63, 3.8) is 0 Å². The first-order chi connectivity index (χ1) is 19.4. The quantitative estimate of drug-likeness (QED) is 0.0740. The van der Waals surface area contributed by atoms with E-state index < -0.39 is 29.2 Å². The molecule has 2 atom stereocenters. The van der Waals surface area contributed by atoms with Gasteiger partial charge in [0.25, 0.3) is 0 Å². The minimum atomic E-state index is -3.67. The minimum Gasteiger partial charge on any atom is -0.252 e. The summed E-state index contributed by atoms with van der Waals surface area (Å²) in [5.41, 5.74) is 0. The van der Waals surface area contributed by atoms with E-state index in [1.54, 1.807) is 20.8 Å². The average Bonchev–Trinajstić information content (AvgIpc) is 2.90. The van der Waals surface area contributed by atoms with Gasteiger partial charge in [-0.3, -0.25) is 14.0 Å². The van der Waals surface area contributed by atoms with E-state index in [4.69, 9.17) is 24.8 Å². The second-order valence-corrected chi connectivity index (χ2v) is 20.6. The molecule has 1 heterocycles. The maximum Gasteiger partial charge on any atom is 0.348 e. The largest absolute Gasteiger partial charge is 0.348 e. The lowest BCUT2D eigenvalue weighted by Gasteiger charge is -2.41. The van der Waals surface area contributed by atoms with Crippen LogP contribution in [0.4, 0.5) is 0 Å². The van der Waals surface area contributed by atoms with E-state index >= 15 is 0 Å². The van der Waals surface area contributed by atoms with Crippen molar-refractivity contribution in [2.45, 2.75) is 20.8 Å². The molecule has 0 radical (unpaired) electrons. The molecule has 20 nitrogen and oxygen atoms in total. The Morgan fingerprint density at radius 1 is 0.659 bits per heavy atom. The molecule has 1 aliphatic rings. The van der Waals surface area contributed by atoms with Gasteiger partial charge in [-0.05, 0) is 81.0 Å². The lowest BCUT2D eigenvalue weighted by Crippen LogP contribution is -2.30. The Balaban J connectivity index is 4.37. The van der Waals surface area contributed by atoms with Crippen LogP contribution < -0.4 is 0 Å².